The van der Waals surface area contributed by atoms with Crippen molar-refractivity contribution >= 4 is 43.8 Å². The van der Waals surface area contributed by atoms with Crippen LogP contribution in [-0.4, -0.2) is 32.5 Å². The molecular weight excluding hydrogens is 507 g/mol. The zero-order chi connectivity index (χ0) is 24.7. The summed E-state index contributed by atoms with van der Waals surface area (Å²) in [6, 6.07) is 13.6. The van der Waals surface area contributed by atoms with E-state index in [-0.39, 0.29) is 10.2 Å². The molecule has 1 aliphatic rings. The van der Waals surface area contributed by atoms with Gasteiger partial charge in [-0.15, -0.1) is 11.3 Å². The van der Waals surface area contributed by atoms with Gasteiger partial charge in [0.05, 0.1) is 10.7 Å². The number of halogens is 2. The third-order valence-corrected chi connectivity index (χ3v) is 8.74. The molecule has 0 unspecified atom stereocenters. The van der Waals surface area contributed by atoms with E-state index in [1.807, 2.05) is 0 Å². The molecule has 1 aliphatic heterocycles. The van der Waals surface area contributed by atoms with Crippen molar-refractivity contribution in [3.63, 3.8) is 0 Å². The lowest BCUT2D eigenvalue weighted by Crippen LogP contribution is -2.20. The Morgan fingerprint density at radius 2 is 1.94 bits per heavy atom. The van der Waals surface area contributed by atoms with Crippen molar-refractivity contribution in [3.05, 3.63) is 70.4 Å². The molecule has 0 bridgehead atoms. The normalized spacial score (nSPS) is 18.0. The predicted molar refractivity (Wildman–Crippen MR) is 141 cm³/mol. The van der Waals surface area contributed by atoms with Crippen molar-refractivity contribution in [3.8, 4) is 0 Å². The fraction of sp³-hybridized carbons (Fsp3) is 0.400. The summed E-state index contributed by atoms with van der Waals surface area (Å²) in [5.74, 6) is -0.251. The van der Waals surface area contributed by atoms with E-state index in [9.17, 15) is 12.8 Å². The summed E-state index contributed by atoms with van der Waals surface area (Å²) in [4.78, 5) is 3.36. The fourth-order valence-corrected chi connectivity index (χ4v) is 6.59. The summed E-state index contributed by atoms with van der Waals surface area (Å²) in [6.45, 7) is 1.69. The van der Waals surface area contributed by atoms with Gasteiger partial charge >= 0.3 is 0 Å². The first-order valence-electron chi connectivity index (χ1n) is 11.9. The number of sulfonamides is 1. The molecule has 0 radical (unpaired) electrons. The summed E-state index contributed by atoms with van der Waals surface area (Å²) in [6.07, 6.45) is 8.14. The summed E-state index contributed by atoms with van der Waals surface area (Å²) in [5.41, 5.74) is 1.81. The van der Waals surface area contributed by atoms with Gasteiger partial charge in [0.25, 0.3) is 10.0 Å². The van der Waals surface area contributed by atoms with E-state index in [1.165, 1.54) is 31.0 Å². The summed E-state index contributed by atoms with van der Waals surface area (Å²) < 4.78 is 41.8. The molecule has 2 heterocycles. The minimum atomic E-state index is -4.11. The number of rotatable bonds is 12. The van der Waals surface area contributed by atoms with Crippen LogP contribution in [0.4, 0.5) is 15.2 Å². The van der Waals surface area contributed by atoms with Crippen LogP contribution in [-0.2, 0) is 10.0 Å². The highest BCUT2D eigenvalue weighted by Crippen LogP contribution is 2.30. The molecule has 1 saturated heterocycles. The number of unbranched alkanes of at least 4 members (excludes halogenated alkanes) is 3. The maximum absolute atomic E-state index is 14.6. The molecular formula is C25H30ClFN4O2S2. The monoisotopic (exact) mass is 536 g/mol. The molecule has 1 fully saturated rings. The maximum atomic E-state index is 14.6. The molecule has 35 heavy (non-hydrogen) atoms. The van der Waals surface area contributed by atoms with Gasteiger partial charge in [-0.25, -0.2) is 17.8 Å². The highest BCUT2D eigenvalue weighted by molar-refractivity contribution is 7.93. The van der Waals surface area contributed by atoms with Crippen LogP contribution in [0.1, 0.15) is 50.0 Å². The number of anilines is 2. The predicted octanol–water partition coefficient (Wildman–Crippen LogP) is 6.24. The minimum absolute atomic E-state index is 0.159. The second-order valence-corrected chi connectivity index (χ2v) is 11.7. The summed E-state index contributed by atoms with van der Waals surface area (Å²) in [5, 5.41) is 8.73. The lowest BCUT2D eigenvalue weighted by Gasteiger charge is -2.13. The first-order valence-corrected chi connectivity index (χ1v) is 14.6. The molecule has 188 valence electrons. The van der Waals surface area contributed by atoms with Crippen molar-refractivity contribution in [1.29, 1.82) is 0 Å². The Kier molecular flexibility index (Phi) is 8.99. The minimum Gasteiger partial charge on any atom is -0.384 e. The second-order valence-electron chi connectivity index (χ2n) is 8.78. The van der Waals surface area contributed by atoms with Crippen LogP contribution in [0.25, 0.3) is 0 Å². The molecule has 0 saturated carbocycles. The van der Waals surface area contributed by atoms with Gasteiger partial charge in [0.1, 0.15) is 10.7 Å². The van der Waals surface area contributed by atoms with Crippen molar-refractivity contribution in [2.45, 2.75) is 55.4 Å². The quantitative estimate of drug-likeness (QED) is 0.238. The van der Waals surface area contributed by atoms with Gasteiger partial charge in [-0.1, -0.05) is 61.2 Å². The van der Waals surface area contributed by atoms with Crippen LogP contribution in [0.5, 0.6) is 0 Å². The smallest absolute Gasteiger partial charge is 0.266 e. The van der Waals surface area contributed by atoms with Crippen molar-refractivity contribution in [2.75, 3.05) is 23.1 Å². The largest absolute Gasteiger partial charge is 0.384 e. The number of hydrogen-bond acceptors (Lipinski definition) is 6. The zero-order valence-electron chi connectivity index (χ0n) is 19.3. The maximum Gasteiger partial charge on any atom is 0.266 e. The average molecular weight is 537 g/mol. The Balaban J connectivity index is 1.16. The Morgan fingerprint density at radius 3 is 2.71 bits per heavy atom. The van der Waals surface area contributed by atoms with Crippen LogP contribution in [0, 0.1) is 5.82 Å². The van der Waals surface area contributed by atoms with Crippen LogP contribution in [0.2, 0.25) is 5.02 Å². The van der Waals surface area contributed by atoms with E-state index >= 15 is 0 Å². The SMILES string of the molecule is O=S(=O)(Nc1nccs1)c1cc(Cl)c(NCCCCCC[C@@H]2C[C@@H](c3ccccc3)CN2)cc1F. The number of thiazole rings is 1. The van der Waals surface area contributed by atoms with Gasteiger partial charge in [0.2, 0.25) is 0 Å². The molecule has 6 nitrogen and oxygen atoms in total. The zero-order valence-corrected chi connectivity index (χ0v) is 21.7. The molecule has 2 atom stereocenters. The number of benzene rings is 2. The number of nitrogens with one attached hydrogen (secondary N) is 3. The highest BCUT2D eigenvalue weighted by atomic mass is 35.5. The average Bonchev–Trinajstić information content (AvgIpc) is 3.53. The molecule has 0 aliphatic carbocycles. The number of nitrogens with zero attached hydrogens (tertiary/aromatic N) is 1. The van der Waals surface area contributed by atoms with E-state index in [0.717, 1.165) is 49.3 Å². The van der Waals surface area contributed by atoms with Crippen LogP contribution in [0.15, 0.2) is 58.9 Å². The van der Waals surface area contributed by atoms with E-state index in [4.69, 9.17) is 11.6 Å². The highest BCUT2D eigenvalue weighted by Gasteiger charge is 2.25. The van der Waals surface area contributed by atoms with Gasteiger partial charge in [0.15, 0.2) is 5.13 Å². The van der Waals surface area contributed by atoms with Gasteiger partial charge < -0.3 is 10.6 Å². The van der Waals surface area contributed by atoms with Crippen molar-refractivity contribution in [1.82, 2.24) is 10.3 Å². The Hall–Kier alpha value is -2.20. The van der Waals surface area contributed by atoms with Gasteiger partial charge in [-0.05, 0) is 42.9 Å². The number of hydrogen-bond donors (Lipinski definition) is 3. The van der Waals surface area contributed by atoms with E-state index in [0.29, 0.717) is 24.2 Å². The molecule has 2 aromatic carbocycles. The fourth-order valence-electron chi connectivity index (χ4n) is 4.42. The summed E-state index contributed by atoms with van der Waals surface area (Å²) in [7, 11) is -4.11. The Bertz CT molecular complexity index is 1190. The Labute approximate surface area is 215 Å². The number of aromatic nitrogens is 1. The Morgan fingerprint density at radius 1 is 1.14 bits per heavy atom. The molecule has 0 amide bonds. The van der Waals surface area contributed by atoms with Crippen molar-refractivity contribution < 1.29 is 12.8 Å². The third kappa shape index (κ3) is 7.16. The van der Waals surface area contributed by atoms with Crippen LogP contribution in [0.3, 0.4) is 0 Å². The third-order valence-electron chi connectivity index (χ3n) is 6.25. The standard InChI is InChI=1S/C25H30ClFN4O2S2/c26-21-15-24(35(32,33)31-25-29-12-13-34-25)22(27)16-23(21)28-11-7-2-1-6-10-20-14-19(17-30-20)18-8-4-3-5-9-18/h3-5,8-9,12-13,15-16,19-20,28,30H,1-2,6-7,10-11,14,17H2,(H,29,31)/t19-,20-/m1/s1. The van der Waals surface area contributed by atoms with Crippen LogP contribution >= 0.6 is 22.9 Å². The molecule has 4 rings (SSSR count). The molecule has 3 N–H and O–H groups in total. The van der Waals surface area contributed by atoms with E-state index in [1.54, 1.807) is 5.38 Å². The molecule has 10 heteroatoms. The van der Waals surface area contributed by atoms with Crippen molar-refractivity contribution in [2.24, 2.45) is 0 Å². The van der Waals surface area contributed by atoms with E-state index < -0.39 is 20.7 Å². The van der Waals surface area contributed by atoms with Gasteiger partial charge in [-0.3, -0.25) is 4.72 Å². The van der Waals surface area contributed by atoms with Gasteiger partial charge in [-0.2, -0.15) is 0 Å². The molecule has 0 spiro atoms. The lowest BCUT2D eigenvalue weighted by molar-refractivity contribution is 0.508. The molecule has 3 aromatic rings. The van der Waals surface area contributed by atoms with E-state index in [2.05, 4.69) is 50.7 Å². The first-order chi connectivity index (χ1) is 16.9. The van der Waals surface area contributed by atoms with Gasteiger partial charge in [0, 0.05) is 30.7 Å². The molecule has 1 aromatic heterocycles. The summed E-state index contributed by atoms with van der Waals surface area (Å²) >= 11 is 7.35. The first kappa shape index (κ1) is 25.9. The second kappa shape index (κ2) is 12.2. The van der Waals surface area contributed by atoms with Crippen LogP contribution < -0.4 is 15.4 Å². The topological polar surface area (TPSA) is 83.1 Å². The lowest BCUT2D eigenvalue weighted by atomic mass is 9.94.